The Morgan fingerprint density at radius 2 is 1.65 bits per heavy atom. The van der Waals surface area contributed by atoms with Gasteiger partial charge in [0, 0.05) is 18.8 Å². The monoisotopic (exact) mass is 461 g/mol. The van der Waals surface area contributed by atoms with Crippen LogP contribution < -0.4 is 31.9 Å². The lowest BCUT2D eigenvalue weighted by Gasteiger charge is -2.32. The van der Waals surface area contributed by atoms with Crippen molar-refractivity contribution in [2.75, 3.05) is 43.4 Å². The molecule has 1 saturated heterocycles. The van der Waals surface area contributed by atoms with Crippen molar-refractivity contribution in [3.8, 4) is 5.75 Å². The van der Waals surface area contributed by atoms with E-state index in [2.05, 4.69) is 25.5 Å². The number of anilines is 3. The summed E-state index contributed by atoms with van der Waals surface area (Å²) in [5, 5.41) is 6.15. The van der Waals surface area contributed by atoms with Crippen LogP contribution in [0.1, 0.15) is 12.8 Å². The van der Waals surface area contributed by atoms with Crippen molar-refractivity contribution in [3.05, 3.63) is 79.5 Å². The molecule has 0 saturated carbocycles. The molecule has 1 aromatic heterocycles. The van der Waals surface area contributed by atoms with Gasteiger partial charge >= 0.3 is 5.69 Å². The molecule has 0 amide bonds. The number of para-hydroxylation sites is 1. The van der Waals surface area contributed by atoms with Crippen LogP contribution in [-0.4, -0.2) is 47.7 Å². The van der Waals surface area contributed by atoms with Crippen LogP contribution in [-0.2, 0) is 0 Å². The van der Waals surface area contributed by atoms with Gasteiger partial charge in [0.1, 0.15) is 17.1 Å². The van der Waals surface area contributed by atoms with Crippen molar-refractivity contribution in [2.45, 2.75) is 12.8 Å². The zero-order valence-electron chi connectivity index (χ0n) is 18.7. The molecule has 9 nitrogen and oxygen atoms in total. The summed E-state index contributed by atoms with van der Waals surface area (Å²) < 4.78 is 5.89. The second-order valence-electron chi connectivity index (χ2n) is 8.71. The fraction of sp³-hybridized carbons (Fsp3) is 0.320. The van der Waals surface area contributed by atoms with Gasteiger partial charge in [-0.15, -0.1) is 0 Å². The van der Waals surface area contributed by atoms with Crippen LogP contribution in [0.25, 0.3) is 11.0 Å². The first-order chi connectivity index (χ1) is 16.6. The molecule has 4 N–H and O–H groups in total. The third kappa shape index (κ3) is 4.74. The van der Waals surface area contributed by atoms with Crippen LogP contribution in [0.4, 0.5) is 17.1 Å². The predicted molar refractivity (Wildman–Crippen MR) is 133 cm³/mol. The van der Waals surface area contributed by atoms with Gasteiger partial charge in [-0.2, -0.15) is 0 Å². The Morgan fingerprint density at radius 1 is 0.912 bits per heavy atom. The number of likely N-dealkylation sites (tertiary alicyclic amines) is 1. The molecule has 0 bridgehead atoms. The topological polar surface area (TPSA) is 119 Å². The van der Waals surface area contributed by atoms with Crippen LogP contribution in [0.5, 0.6) is 5.75 Å². The first-order valence-electron chi connectivity index (χ1n) is 11.5. The Bertz CT molecular complexity index is 1390. The van der Waals surface area contributed by atoms with Crippen LogP contribution in [0.15, 0.2) is 62.9 Å². The third-order valence-electron chi connectivity index (χ3n) is 6.36. The average molecular weight is 462 g/mol. The number of piperidine rings is 1. The summed E-state index contributed by atoms with van der Waals surface area (Å²) in [6.07, 6.45) is 2.15. The van der Waals surface area contributed by atoms with Crippen molar-refractivity contribution in [2.24, 2.45) is 5.92 Å². The fourth-order valence-electron chi connectivity index (χ4n) is 4.38. The number of aromatic nitrogens is 2. The first-order valence-corrected chi connectivity index (χ1v) is 11.5. The highest BCUT2D eigenvalue weighted by Gasteiger charge is 2.22. The number of rotatable bonds is 9. The maximum absolute atomic E-state index is 12.1. The zero-order valence-corrected chi connectivity index (χ0v) is 18.7. The number of hydrogen-bond donors (Lipinski definition) is 4. The normalized spacial score (nSPS) is 15.1. The highest BCUT2D eigenvalue weighted by molar-refractivity contribution is 5.83. The number of H-pyrrole nitrogens is 2. The lowest BCUT2D eigenvalue weighted by Crippen LogP contribution is -2.40. The number of benzene rings is 2. The summed E-state index contributed by atoms with van der Waals surface area (Å²) in [4.78, 5) is 43.4. The summed E-state index contributed by atoms with van der Waals surface area (Å²) in [5.74, 6) is 1.45. The van der Waals surface area contributed by atoms with E-state index in [9.17, 15) is 14.4 Å². The van der Waals surface area contributed by atoms with Crippen molar-refractivity contribution in [3.63, 3.8) is 0 Å². The van der Waals surface area contributed by atoms with E-state index in [1.54, 1.807) is 18.2 Å². The van der Waals surface area contributed by atoms with E-state index in [1.165, 1.54) is 0 Å². The molecule has 2 heterocycles. The molecule has 0 spiro atoms. The SMILES string of the molecule is O=c1[nH]c2ccc(Nc3c(NCCN4CCC(COc5ccccc5)CC4)c(=O)c3=O)cc2[nH]1. The molecular weight excluding hydrogens is 434 g/mol. The molecule has 0 aliphatic carbocycles. The highest BCUT2D eigenvalue weighted by Crippen LogP contribution is 2.23. The Morgan fingerprint density at radius 3 is 2.44 bits per heavy atom. The van der Waals surface area contributed by atoms with Gasteiger partial charge < -0.3 is 30.2 Å². The van der Waals surface area contributed by atoms with Crippen molar-refractivity contribution in [1.82, 2.24) is 14.9 Å². The number of aromatic amines is 2. The van der Waals surface area contributed by atoms with Crippen molar-refractivity contribution in [1.29, 1.82) is 0 Å². The van der Waals surface area contributed by atoms with Gasteiger partial charge in [-0.3, -0.25) is 9.59 Å². The molecule has 9 heteroatoms. The number of nitrogens with one attached hydrogen (secondary N) is 4. The van der Waals surface area contributed by atoms with Gasteiger partial charge in [0.2, 0.25) is 0 Å². The van der Waals surface area contributed by atoms with E-state index in [-0.39, 0.29) is 11.4 Å². The molecule has 1 fully saturated rings. The van der Waals surface area contributed by atoms with E-state index in [1.807, 2.05) is 30.3 Å². The smallest absolute Gasteiger partial charge is 0.323 e. The predicted octanol–water partition coefficient (Wildman–Crippen LogP) is 2.40. The molecule has 4 aromatic rings. The maximum atomic E-state index is 12.1. The summed E-state index contributed by atoms with van der Waals surface area (Å²) in [6, 6.07) is 15.1. The first kappa shape index (κ1) is 22.0. The lowest BCUT2D eigenvalue weighted by atomic mass is 9.98. The molecule has 1 aliphatic rings. The molecule has 3 aromatic carbocycles. The van der Waals surface area contributed by atoms with E-state index in [4.69, 9.17) is 4.74 Å². The highest BCUT2D eigenvalue weighted by atomic mass is 16.5. The van der Waals surface area contributed by atoms with Crippen LogP contribution in [0.3, 0.4) is 0 Å². The standard InChI is InChI=1S/C25H27N5O4/c31-23-21(22(24(23)32)27-17-6-7-19-20(14-17)29-25(33)28-19)26-10-13-30-11-8-16(9-12-30)15-34-18-4-2-1-3-5-18/h1-7,14,16,26-27H,8-13,15H2,(H2,28,29,33). The zero-order chi connectivity index (χ0) is 23.5. The number of fused-ring (bicyclic) bond motifs is 1. The average Bonchev–Trinajstić information content (AvgIpc) is 3.24. The largest absolute Gasteiger partial charge is 0.493 e. The molecule has 0 unspecified atom stereocenters. The van der Waals surface area contributed by atoms with E-state index < -0.39 is 10.9 Å². The second-order valence-corrected chi connectivity index (χ2v) is 8.71. The van der Waals surface area contributed by atoms with E-state index in [0.29, 0.717) is 34.9 Å². The van der Waals surface area contributed by atoms with E-state index in [0.717, 1.165) is 44.8 Å². The van der Waals surface area contributed by atoms with Gasteiger partial charge in [-0.05, 0) is 62.2 Å². The molecule has 0 atom stereocenters. The molecule has 176 valence electrons. The molecule has 34 heavy (non-hydrogen) atoms. The number of hydrogen-bond acceptors (Lipinski definition) is 7. The Labute approximate surface area is 195 Å². The number of nitrogens with zero attached hydrogens (tertiary/aromatic N) is 1. The quantitative estimate of drug-likeness (QED) is 0.283. The van der Waals surface area contributed by atoms with Gasteiger partial charge in [-0.25, -0.2) is 4.79 Å². The van der Waals surface area contributed by atoms with Gasteiger partial charge in [0.05, 0.1) is 17.6 Å². The molecular formula is C25H27N5O4. The van der Waals surface area contributed by atoms with Crippen LogP contribution in [0.2, 0.25) is 0 Å². The van der Waals surface area contributed by atoms with Gasteiger partial charge in [0.25, 0.3) is 10.9 Å². The minimum absolute atomic E-state index is 0.263. The summed E-state index contributed by atoms with van der Waals surface area (Å²) in [5.41, 5.74) is 1.17. The van der Waals surface area contributed by atoms with Gasteiger partial charge in [0.15, 0.2) is 0 Å². The number of ether oxygens (including phenoxy) is 1. The Kier molecular flexibility index (Phi) is 6.18. The Hall–Kier alpha value is -3.85. The summed E-state index contributed by atoms with van der Waals surface area (Å²) in [7, 11) is 0. The summed E-state index contributed by atoms with van der Waals surface area (Å²) >= 11 is 0. The van der Waals surface area contributed by atoms with E-state index >= 15 is 0 Å². The van der Waals surface area contributed by atoms with Crippen LogP contribution >= 0.6 is 0 Å². The van der Waals surface area contributed by atoms with Crippen molar-refractivity contribution >= 4 is 28.1 Å². The maximum Gasteiger partial charge on any atom is 0.323 e. The summed E-state index contributed by atoms with van der Waals surface area (Å²) in [6.45, 7) is 4.07. The molecule has 5 rings (SSSR count). The van der Waals surface area contributed by atoms with Crippen molar-refractivity contribution < 1.29 is 4.74 Å². The third-order valence-corrected chi connectivity index (χ3v) is 6.36. The minimum Gasteiger partial charge on any atom is -0.493 e. The number of imidazole rings is 1. The molecule has 1 aliphatic heterocycles. The van der Waals surface area contributed by atoms with Crippen LogP contribution in [0, 0.1) is 5.92 Å². The molecule has 0 radical (unpaired) electrons. The fourth-order valence-corrected chi connectivity index (χ4v) is 4.38. The minimum atomic E-state index is -0.538. The lowest BCUT2D eigenvalue weighted by molar-refractivity contribution is 0.144. The van der Waals surface area contributed by atoms with Gasteiger partial charge in [-0.1, -0.05) is 18.2 Å². The second kappa shape index (κ2) is 9.56. The Balaban J connectivity index is 1.10.